The van der Waals surface area contributed by atoms with E-state index in [9.17, 15) is 23.2 Å². The van der Waals surface area contributed by atoms with Gasteiger partial charge in [0, 0.05) is 37.2 Å². The number of piperidine rings is 1. The van der Waals surface area contributed by atoms with E-state index in [1.165, 1.54) is 24.3 Å². The van der Waals surface area contributed by atoms with Crippen molar-refractivity contribution in [3.63, 3.8) is 0 Å². The Balaban J connectivity index is 1.29. The molecule has 41 heavy (non-hydrogen) atoms. The molecule has 2 amide bonds. The molecule has 0 bridgehead atoms. The number of benzene rings is 2. The van der Waals surface area contributed by atoms with E-state index in [2.05, 4.69) is 10.6 Å². The summed E-state index contributed by atoms with van der Waals surface area (Å²) in [6.45, 7) is 4.79. The SMILES string of the molecule is CC(C)C(=O)[C@H](NC(=O)c1ccc(C2CCN(C(=O)CNCc3ccc(F)cc3F)CC2)cc1F)C1CCCCC1. The van der Waals surface area contributed by atoms with Gasteiger partial charge in [-0.25, -0.2) is 13.2 Å². The third kappa shape index (κ3) is 7.97. The summed E-state index contributed by atoms with van der Waals surface area (Å²) in [7, 11) is 0. The van der Waals surface area contributed by atoms with Gasteiger partial charge in [0.05, 0.1) is 18.2 Å². The maximum absolute atomic E-state index is 15.2. The van der Waals surface area contributed by atoms with Gasteiger partial charge in [-0.15, -0.1) is 0 Å². The Labute approximate surface area is 240 Å². The number of hydrogen-bond donors (Lipinski definition) is 2. The molecule has 222 valence electrons. The van der Waals surface area contributed by atoms with Crippen LogP contribution in [0.25, 0.3) is 0 Å². The van der Waals surface area contributed by atoms with Crippen molar-refractivity contribution < 1.29 is 27.6 Å². The van der Waals surface area contributed by atoms with Crippen LogP contribution in [-0.2, 0) is 16.1 Å². The molecule has 2 aliphatic rings. The Morgan fingerprint density at radius 1 is 0.902 bits per heavy atom. The lowest BCUT2D eigenvalue weighted by Gasteiger charge is -2.32. The zero-order chi connectivity index (χ0) is 29.5. The van der Waals surface area contributed by atoms with E-state index in [-0.39, 0.29) is 53.7 Å². The Morgan fingerprint density at radius 2 is 1.61 bits per heavy atom. The molecule has 0 radical (unpaired) electrons. The van der Waals surface area contributed by atoms with Gasteiger partial charge in [0.1, 0.15) is 17.5 Å². The molecular formula is C32H40F3N3O3. The molecular weight excluding hydrogens is 531 g/mol. The number of ketones is 1. The average molecular weight is 572 g/mol. The predicted molar refractivity (Wildman–Crippen MR) is 151 cm³/mol. The monoisotopic (exact) mass is 571 g/mol. The van der Waals surface area contributed by atoms with Gasteiger partial charge < -0.3 is 15.5 Å². The number of hydrogen-bond acceptors (Lipinski definition) is 4. The second-order valence-electron chi connectivity index (χ2n) is 11.6. The molecule has 0 unspecified atom stereocenters. The molecule has 1 aliphatic heterocycles. The summed E-state index contributed by atoms with van der Waals surface area (Å²) in [5, 5.41) is 5.77. The molecule has 0 spiro atoms. The van der Waals surface area contributed by atoms with E-state index in [4.69, 9.17) is 0 Å². The summed E-state index contributed by atoms with van der Waals surface area (Å²) >= 11 is 0. The molecule has 1 heterocycles. The highest BCUT2D eigenvalue weighted by atomic mass is 19.1. The maximum Gasteiger partial charge on any atom is 0.254 e. The third-order valence-corrected chi connectivity index (χ3v) is 8.45. The first-order valence-electron chi connectivity index (χ1n) is 14.7. The van der Waals surface area contributed by atoms with Crippen LogP contribution in [0.5, 0.6) is 0 Å². The topological polar surface area (TPSA) is 78.5 Å². The standard InChI is InChI=1S/C32H40F3N3O3/c1-20(2)31(40)30(22-6-4-3-5-7-22)37-32(41)26-11-9-23(16-28(26)35)21-12-14-38(15-13-21)29(39)19-36-18-24-8-10-25(33)17-27(24)34/h8-11,16-17,20-22,30,36H,3-7,12-15,18-19H2,1-2H3,(H,37,41)/t30-/m1/s1. The molecule has 0 aromatic heterocycles. The van der Waals surface area contributed by atoms with E-state index in [0.717, 1.165) is 43.7 Å². The molecule has 1 aliphatic carbocycles. The summed E-state index contributed by atoms with van der Waals surface area (Å²) in [4.78, 5) is 40.3. The molecule has 1 atom stereocenters. The van der Waals surface area contributed by atoms with Crippen LogP contribution in [0.15, 0.2) is 36.4 Å². The summed E-state index contributed by atoms with van der Waals surface area (Å²) in [6, 6.07) is 7.39. The summed E-state index contributed by atoms with van der Waals surface area (Å²) < 4.78 is 42.0. The van der Waals surface area contributed by atoms with Crippen molar-refractivity contribution in [3.05, 3.63) is 70.5 Å². The minimum Gasteiger partial charge on any atom is -0.342 e. The second-order valence-corrected chi connectivity index (χ2v) is 11.6. The summed E-state index contributed by atoms with van der Waals surface area (Å²) in [5.41, 5.74) is 0.994. The van der Waals surface area contributed by atoms with Crippen LogP contribution in [0.1, 0.15) is 86.2 Å². The highest BCUT2D eigenvalue weighted by Crippen LogP contribution is 2.30. The van der Waals surface area contributed by atoms with Gasteiger partial charge in [0.15, 0.2) is 5.78 Å². The molecule has 2 N–H and O–H groups in total. The number of nitrogens with zero attached hydrogens (tertiary/aromatic N) is 1. The van der Waals surface area contributed by atoms with E-state index in [1.807, 2.05) is 13.8 Å². The zero-order valence-electron chi connectivity index (χ0n) is 23.9. The van der Waals surface area contributed by atoms with E-state index < -0.39 is 29.4 Å². The molecule has 2 fully saturated rings. The fourth-order valence-corrected chi connectivity index (χ4v) is 5.98. The molecule has 4 rings (SSSR count). The first-order valence-corrected chi connectivity index (χ1v) is 14.7. The molecule has 6 nitrogen and oxygen atoms in total. The van der Waals surface area contributed by atoms with Crippen LogP contribution in [-0.4, -0.2) is 48.2 Å². The Morgan fingerprint density at radius 3 is 2.24 bits per heavy atom. The van der Waals surface area contributed by atoms with Crippen LogP contribution < -0.4 is 10.6 Å². The van der Waals surface area contributed by atoms with Crippen LogP contribution in [0.2, 0.25) is 0 Å². The number of nitrogens with one attached hydrogen (secondary N) is 2. The maximum atomic E-state index is 15.2. The van der Waals surface area contributed by atoms with Crippen molar-refractivity contribution >= 4 is 17.6 Å². The minimum absolute atomic E-state index is 0.0126. The molecule has 2 aromatic rings. The predicted octanol–water partition coefficient (Wildman–Crippen LogP) is 5.50. The quantitative estimate of drug-likeness (QED) is 0.395. The highest BCUT2D eigenvalue weighted by molar-refractivity contribution is 5.98. The lowest BCUT2D eigenvalue weighted by molar-refractivity contribution is -0.131. The number of likely N-dealkylation sites (tertiary alicyclic amines) is 1. The van der Waals surface area contributed by atoms with E-state index in [0.29, 0.717) is 25.9 Å². The molecule has 1 saturated carbocycles. The highest BCUT2D eigenvalue weighted by Gasteiger charge is 2.33. The van der Waals surface area contributed by atoms with Crippen molar-refractivity contribution in [2.24, 2.45) is 11.8 Å². The lowest BCUT2D eigenvalue weighted by Crippen LogP contribution is -2.48. The first kappa shape index (κ1) is 30.8. The van der Waals surface area contributed by atoms with Crippen molar-refractivity contribution in [1.82, 2.24) is 15.5 Å². The van der Waals surface area contributed by atoms with Crippen LogP contribution in [0, 0.1) is 29.3 Å². The van der Waals surface area contributed by atoms with Gasteiger partial charge in [-0.2, -0.15) is 0 Å². The molecule has 2 aromatic carbocycles. The fraction of sp³-hybridized carbons (Fsp3) is 0.531. The van der Waals surface area contributed by atoms with Crippen LogP contribution in [0.4, 0.5) is 13.2 Å². The van der Waals surface area contributed by atoms with Gasteiger partial charge in [-0.1, -0.05) is 45.2 Å². The minimum atomic E-state index is -0.658. The van der Waals surface area contributed by atoms with Crippen LogP contribution in [0.3, 0.4) is 0 Å². The van der Waals surface area contributed by atoms with Crippen molar-refractivity contribution in [2.75, 3.05) is 19.6 Å². The van der Waals surface area contributed by atoms with Gasteiger partial charge in [-0.05, 0) is 61.3 Å². The number of Topliss-reactive ketones (excluding diaryl/α,β-unsaturated/α-hetero) is 1. The smallest absolute Gasteiger partial charge is 0.254 e. The van der Waals surface area contributed by atoms with Gasteiger partial charge in [0.25, 0.3) is 5.91 Å². The van der Waals surface area contributed by atoms with Gasteiger partial charge >= 0.3 is 0 Å². The third-order valence-electron chi connectivity index (χ3n) is 8.45. The lowest BCUT2D eigenvalue weighted by atomic mass is 9.80. The normalized spacial score (nSPS) is 17.5. The van der Waals surface area contributed by atoms with Crippen molar-refractivity contribution in [1.29, 1.82) is 0 Å². The second kappa shape index (κ2) is 14.1. The number of amides is 2. The summed E-state index contributed by atoms with van der Waals surface area (Å²) in [6.07, 6.45) is 6.26. The first-order chi connectivity index (χ1) is 19.6. The fourth-order valence-electron chi connectivity index (χ4n) is 5.98. The molecule has 9 heteroatoms. The zero-order valence-corrected chi connectivity index (χ0v) is 23.9. The Kier molecular flexibility index (Phi) is 10.6. The average Bonchev–Trinajstić information content (AvgIpc) is 2.97. The van der Waals surface area contributed by atoms with Crippen molar-refractivity contribution in [3.8, 4) is 0 Å². The van der Waals surface area contributed by atoms with E-state index in [1.54, 1.807) is 11.0 Å². The number of rotatable bonds is 10. The number of carbonyl (C=O) groups is 3. The Hall–Kier alpha value is -3.20. The largest absolute Gasteiger partial charge is 0.342 e. The number of halogens is 3. The number of carbonyl (C=O) groups excluding carboxylic acids is 3. The van der Waals surface area contributed by atoms with Crippen molar-refractivity contribution in [2.45, 2.75) is 77.3 Å². The summed E-state index contributed by atoms with van der Waals surface area (Å²) in [5.74, 6) is -2.71. The van der Waals surface area contributed by atoms with Gasteiger partial charge in [0.2, 0.25) is 5.91 Å². The Bertz CT molecular complexity index is 1240. The molecule has 1 saturated heterocycles. The van der Waals surface area contributed by atoms with E-state index >= 15 is 4.39 Å². The van der Waals surface area contributed by atoms with Gasteiger partial charge in [-0.3, -0.25) is 14.4 Å². The van der Waals surface area contributed by atoms with Crippen LogP contribution >= 0.6 is 0 Å².